The number of allylic oxidation sites excluding steroid dienone is 1. The summed E-state index contributed by atoms with van der Waals surface area (Å²) in [7, 11) is 2.11. The number of pyridine rings is 1. The predicted octanol–water partition coefficient (Wildman–Crippen LogP) is 3.87. The number of hydrogen-bond donors (Lipinski definition) is 0. The Morgan fingerprint density at radius 2 is 2.26 bits per heavy atom. The Balaban J connectivity index is 1.40. The van der Waals surface area contributed by atoms with Crippen molar-refractivity contribution in [1.82, 2.24) is 9.88 Å². The number of fused-ring (bicyclic) bond motifs is 2. The van der Waals surface area contributed by atoms with Gasteiger partial charge >= 0.3 is 5.97 Å². The number of nitrogens with zero attached hydrogens (tertiary/aromatic N) is 2. The van der Waals surface area contributed by atoms with Crippen molar-refractivity contribution in [3.05, 3.63) is 42.2 Å². The Morgan fingerprint density at radius 1 is 1.41 bits per heavy atom. The fourth-order valence-electron chi connectivity index (χ4n) is 5.74. The van der Waals surface area contributed by atoms with Gasteiger partial charge in [0.2, 0.25) is 0 Å². The van der Waals surface area contributed by atoms with Gasteiger partial charge in [-0.15, -0.1) is 0 Å². The van der Waals surface area contributed by atoms with Crippen LogP contribution < -0.4 is 0 Å². The second kappa shape index (κ2) is 7.38. The molecule has 0 amide bonds. The van der Waals surface area contributed by atoms with Gasteiger partial charge in [0.15, 0.2) is 0 Å². The molecule has 0 aromatic carbocycles. The fraction of sp³-hybridized carbons (Fsp3) is 0.652. The molecule has 3 fully saturated rings. The minimum absolute atomic E-state index is 0.00279. The first-order chi connectivity index (χ1) is 13.0. The third-order valence-corrected chi connectivity index (χ3v) is 7.30. The first-order valence-electron chi connectivity index (χ1n) is 10.4. The zero-order chi connectivity index (χ0) is 19.0. The molecule has 5 atom stereocenters. The first kappa shape index (κ1) is 18.7. The van der Waals surface area contributed by atoms with Gasteiger partial charge in [0.05, 0.1) is 5.92 Å². The maximum Gasteiger partial charge on any atom is 0.310 e. The van der Waals surface area contributed by atoms with Crippen LogP contribution >= 0.6 is 0 Å². The van der Waals surface area contributed by atoms with Crippen molar-refractivity contribution >= 4 is 5.97 Å². The highest BCUT2D eigenvalue weighted by Gasteiger charge is 2.55. The van der Waals surface area contributed by atoms with Crippen LogP contribution in [0.5, 0.6) is 0 Å². The zero-order valence-corrected chi connectivity index (χ0v) is 16.7. The highest BCUT2D eigenvalue weighted by Crippen LogP contribution is 2.56. The molecule has 4 nitrogen and oxygen atoms in total. The van der Waals surface area contributed by atoms with E-state index >= 15 is 0 Å². The van der Waals surface area contributed by atoms with E-state index in [-0.39, 0.29) is 23.4 Å². The van der Waals surface area contributed by atoms with Gasteiger partial charge in [-0.2, -0.15) is 0 Å². The summed E-state index contributed by atoms with van der Waals surface area (Å²) in [5, 5.41) is 0. The summed E-state index contributed by atoms with van der Waals surface area (Å²) in [6.45, 7) is 8.46. The fourth-order valence-corrected chi connectivity index (χ4v) is 5.74. The molecule has 2 heterocycles. The number of rotatable bonds is 5. The third-order valence-electron chi connectivity index (χ3n) is 7.30. The summed E-state index contributed by atoms with van der Waals surface area (Å²) in [5.74, 6) is 0.927. The van der Waals surface area contributed by atoms with Gasteiger partial charge in [-0.05, 0) is 62.6 Å². The number of hydrogen-bond acceptors (Lipinski definition) is 4. The summed E-state index contributed by atoms with van der Waals surface area (Å²) in [6, 6.07) is 6.03. The first-order valence-corrected chi connectivity index (χ1v) is 10.4. The lowest BCUT2D eigenvalue weighted by Gasteiger charge is -2.50. The van der Waals surface area contributed by atoms with Crippen LogP contribution in [-0.4, -0.2) is 42.1 Å². The molecule has 3 aliphatic rings. The summed E-state index contributed by atoms with van der Waals surface area (Å²) >= 11 is 0. The molecule has 0 spiro atoms. The molecule has 2 aliphatic carbocycles. The lowest BCUT2D eigenvalue weighted by Crippen LogP contribution is -2.45. The van der Waals surface area contributed by atoms with Crippen molar-refractivity contribution in [2.75, 3.05) is 20.1 Å². The smallest absolute Gasteiger partial charge is 0.310 e. The van der Waals surface area contributed by atoms with Gasteiger partial charge in [0.1, 0.15) is 6.10 Å². The van der Waals surface area contributed by atoms with Crippen LogP contribution in [0.25, 0.3) is 0 Å². The molecule has 2 saturated carbocycles. The Bertz CT molecular complexity index is 704. The number of aromatic nitrogens is 1. The molecule has 146 valence electrons. The minimum atomic E-state index is 0.00279. The molecule has 0 radical (unpaired) electrons. The number of carbonyl (C=O) groups is 1. The second-order valence-corrected chi connectivity index (χ2v) is 9.24. The van der Waals surface area contributed by atoms with Crippen molar-refractivity contribution in [2.24, 2.45) is 23.2 Å². The Hall–Kier alpha value is -1.68. The van der Waals surface area contributed by atoms with Gasteiger partial charge in [0.25, 0.3) is 0 Å². The van der Waals surface area contributed by atoms with E-state index in [9.17, 15) is 4.79 Å². The molecule has 4 heteroatoms. The summed E-state index contributed by atoms with van der Waals surface area (Å²) in [6.07, 6.45) is 8.57. The average Bonchev–Trinajstić information content (AvgIpc) is 2.93. The van der Waals surface area contributed by atoms with E-state index in [0.717, 1.165) is 44.5 Å². The quantitative estimate of drug-likeness (QED) is 0.584. The third kappa shape index (κ3) is 3.69. The number of ether oxygens (including phenoxy) is 1. The molecular weight excluding hydrogens is 336 g/mol. The topological polar surface area (TPSA) is 42.4 Å². The van der Waals surface area contributed by atoms with E-state index in [0.29, 0.717) is 11.8 Å². The predicted molar refractivity (Wildman–Crippen MR) is 106 cm³/mol. The zero-order valence-electron chi connectivity index (χ0n) is 16.7. The van der Waals surface area contributed by atoms with E-state index in [4.69, 9.17) is 4.74 Å². The molecule has 1 aromatic rings. The van der Waals surface area contributed by atoms with E-state index in [2.05, 4.69) is 36.5 Å². The summed E-state index contributed by atoms with van der Waals surface area (Å²) < 4.78 is 5.88. The van der Waals surface area contributed by atoms with Crippen LogP contribution in [0.1, 0.15) is 44.7 Å². The number of likely N-dealkylation sites (N-methyl/N-ethyl adjacent to an activating group) is 1. The van der Waals surface area contributed by atoms with Crippen molar-refractivity contribution in [3.8, 4) is 0 Å². The molecule has 0 unspecified atom stereocenters. The molecule has 1 saturated heterocycles. The molecule has 1 aromatic heterocycles. The molecule has 0 N–H and O–H groups in total. The van der Waals surface area contributed by atoms with Crippen molar-refractivity contribution in [2.45, 2.75) is 51.6 Å². The largest absolute Gasteiger partial charge is 0.462 e. The molecule has 27 heavy (non-hydrogen) atoms. The Morgan fingerprint density at radius 3 is 3.04 bits per heavy atom. The maximum absolute atomic E-state index is 12.7. The van der Waals surface area contributed by atoms with Gasteiger partial charge in [-0.3, -0.25) is 9.78 Å². The highest BCUT2D eigenvalue weighted by atomic mass is 16.6. The van der Waals surface area contributed by atoms with E-state index in [1.165, 1.54) is 18.4 Å². The standard InChI is InChI=1S/C23H32N2O2/c1-16-7-6-10-23(2)14-21-18(13-20(16)23)19(22(26)27-21)15-25(3)12-9-17-8-4-5-11-24-17/h4-5,8,11,18-21H,1,6-7,9-10,12-15H2,2-3H3/t18-,19+,20+,21-,23-/m1/s1. The lowest BCUT2D eigenvalue weighted by atomic mass is 9.55. The van der Waals surface area contributed by atoms with E-state index in [1.807, 2.05) is 18.3 Å². The SMILES string of the molecule is C=C1CCC[C@]2(C)C[C@H]3OC(=O)[C@@H](CN(C)CCc4ccccn4)[C@H]3C[C@@H]12. The molecule has 4 rings (SSSR count). The summed E-state index contributed by atoms with van der Waals surface area (Å²) in [5.41, 5.74) is 2.78. The van der Waals surface area contributed by atoms with Crippen molar-refractivity contribution in [3.63, 3.8) is 0 Å². The normalized spacial score (nSPS) is 35.7. The van der Waals surface area contributed by atoms with E-state index in [1.54, 1.807) is 0 Å². The van der Waals surface area contributed by atoms with Crippen LogP contribution in [0.15, 0.2) is 36.5 Å². The Kier molecular flexibility index (Phi) is 5.11. The highest BCUT2D eigenvalue weighted by molar-refractivity contribution is 5.75. The molecular formula is C23H32N2O2. The van der Waals surface area contributed by atoms with Crippen LogP contribution in [0.4, 0.5) is 0 Å². The van der Waals surface area contributed by atoms with Crippen LogP contribution in [-0.2, 0) is 16.0 Å². The van der Waals surface area contributed by atoms with Crippen LogP contribution in [0, 0.1) is 23.2 Å². The van der Waals surface area contributed by atoms with Gasteiger partial charge in [0, 0.05) is 37.3 Å². The van der Waals surface area contributed by atoms with Crippen molar-refractivity contribution < 1.29 is 9.53 Å². The van der Waals surface area contributed by atoms with Crippen LogP contribution in [0.2, 0.25) is 0 Å². The van der Waals surface area contributed by atoms with Crippen molar-refractivity contribution in [1.29, 1.82) is 0 Å². The van der Waals surface area contributed by atoms with Crippen LogP contribution in [0.3, 0.4) is 0 Å². The van der Waals surface area contributed by atoms with Gasteiger partial charge in [-0.1, -0.05) is 25.1 Å². The second-order valence-electron chi connectivity index (χ2n) is 9.24. The monoisotopic (exact) mass is 368 g/mol. The maximum atomic E-state index is 12.7. The van der Waals surface area contributed by atoms with Gasteiger partial charge < -0.3 is 9.64 Å². The Labute approximate surface area is 163 Å². The number of esters is 1. The average molecular weight is 369 g/mol. The lowest BCUT2D eigenvalue weighted by molar-refractivity contribution is -0.146. The molecule has 0 bridgehead atoms. The van der Waals surface area contributed by atoms with E-state index < -0.39 is 0 Å². The molecule has 1 aliphatic heterocycles. The number of carbonyl (C=O) groups excluding carboxylic acids is 1. The minimum Gasteiger partial charge on any atom is -0.462 e. The van der Waals surface area contributed by atoms with Gasteiger partial charge in [-0.25, -0.2) is 0 Å². The summed E-state index contributed by atoms with van der Waals surface area (Å²) in [4.78, 5) is 19.3.